The molecule has 3 nitrogen and oxygen atoms in total. The van der Waals surface area contributed by atoms with E-state index in [4.69, 9.17) is 5.73 Å². The maximum Gasteiger partial charge on any atom is 0.231 e. The molecule has 1 aromatic rings. The molecule has 1 amide bonds. The lowest BCUT2D eigenvalue weighted by molar-refractivity contribution is -0.119. The fraction of sp³-hybridized carbons (Fsp3) is 0.417. The molecule has 2 N–H and O–H groups in total. The van der Waals surface area contributed by atoms with Gasteiger partial charge in [-0.25, -0.2) is 0 Å². The average Bonchev–Trinajstić information content (AvgIpc) is 2.66. The first kappa shape index (κ1) is 11.9. The van der Waals surface area contributed by atoms with Crippen LogP contribution in [0.4, 0.5) is 0 Å². The summed E-state index contributed by atoms with van der Waals surface area (Å²) < 4.78 is 1.24. The van der Waals surface area contributed by atoms with Gasteiger partial charge in [-0.1, -0.05) is 12.1 Å². The highest BCUT2D eigenvalue weighted by Gasteiger charge is 2.26. The largest absolute Gasteiger partial charge is 0.369 e. The van der Waals surface area contributed by atoms with Crippen LogP contribution in [0.25, 0.3) is 0 Å². The molecule has 0 spiro atoms. The fourth-order valence-corrected chi connectivity index (χ4v) is 2.64. The highest BCUT2D eigenvalue weighted by atomic mass is 127. The Hall–Kier alpha value is -0.620. The van der Waals surface area contributed by atoms with Gasteiger partial charge < -0.3 is 5.73 Å². The molecule has 1 atom stereocenters. The molecule has 1 aliphatic rings. The number of carbonyl (C=O) groups is 1. The van der Waals surface area contributed by atoms with E-state index in [0.29, 0.717) is 12.6 Å². The summed E-state index contributed by atoms with van der Waals surface area (Å²) in [4.78, 5) is 13.1. The Morgan fingerprint density at radius 2 is 2.12 bits per heavy atom. The summed E-state index contributed by atoms with van der Waals surface area (Å²) in [6, 6.07) is 8.87. The van der Waals surface area contributed by atoms with Gasteiger partial charge >= 0.3 is 0 Å². The Balaban J connectivity index is 2.13. The summed E-state index contributed by atoms with van der Waals surface area (Å²) >= 11 is 2.30. The standard InChI is InChI=1S/C12H15IN2O/c13-10-5-3-9(4-6-10)11-2-1-7-15(11)8-12(14)16/h3-6,11H,1-2,7-8H2,(H2,14,16)/t11-/m1/s1. The highest BCUT2D eigenvalue weighted by Crippen LogP contribution is 2.31. The van der Waals surface area contributed by atoms with E-state index in [1.54, 1.807) is 0 Å². The number of likely N-dealkylation sites (tertiary alicyclic amines) is 1. The first-order valence-corrected chi connectivity index (χ1v) is 6.52. The van der Waals surface area contributed by atoms with Gasteiger partial charge in [-0.2, -0.15) is 0 Å². The van der Waals surface area contributed by atoms with E-state index in [9.17, 15) is 4.79 Å². The molecule has 2 rings (SSSR count). The molecule has 1 aliphatic heterocycles. The number of amides is 1. The molecule has 1 aromatic carbocycles. The zero-order valence-electron chi connectivity index (χ0n) is 9.03. The summed E-state index contributed by atoms with van der Waals surface area (Å²) in [5.74, 6) is -0.239. The van der Waals surface area contributed by atoms with Crippen molar-refractivity contribution in [1.82, 2.24) is 4.90 Å². The fourth-order valence-electron chi connectivity index (χ4n) is 2.28. The van der Waals surface area contributed by atoms with E-state index in [-0.39, 0.29) is 5.91 Å². The van der Waals surface area contributed by atoms with Crippen molar-refractivity contribution in [3.63, 3.8) is 0 Å². The molecule has 1 heterocycles. The number of rotatable bonds is 3. The summed E-state index contributed by atoms with van der Waals surface area (Å²) in [6.07, 6.45) is 2.26. The van der Waals surface area contributed by atoms with Crippen LogP contribution in [0.3, 0.4) is 0 Å². The molecular weight excluding hydrogens is 315 g/mol. The Morgan fingerprint density at radius 3 is 2.75 bits per heavy atom. The molecule has 1 fully saturated rings. The average molecular weight is 330 g/mol. The molecule has 4 heteroatoms. The summed E-state index contributed by atoms with van der Waals surface area (Å²) in [5.41, 5.74) is 6.55. The second kappa shape index (κ2) is 5.14. The normalized spacial score (nSPS) is 21.2. The predicted molar refractivity (Wildman–Crippen MR) is 71.9 cm³/mol. The van der Waals surface area contributed by atoms with E-state index >= 15 is 0 Å². The summed E-state index contributed by atoms with van der Waals surface area (Å²) in [5, 5.41) is 0. The van der Waals surface area contributed by atoms with E-state index in [1.165, 1.54) is 9.13 Å². The van der Waals surface area contributed by atoms with Gasteiger partial charge in [-0.15, -0.1) is 0 Å². The minimum Gasteiger partial charge on any atom is -0.369 e. The quantitative estimate of drug-likeness (QED) is 0.861. The van der Waals surface area contributed by atoms with Crippen molar-refractivity contribution in [2.75, 3.05) is 13.1 Å². The van der Waals surface area contributed by atoms with Gasteiger partial charge in [0, 0.05) is 9.61 Å². The number of carbonyl (C=O) groups excluding carboxylic acids is 1. The van der Waals surface area contributed by atoms with Gasteiger partial charge in [-0.05, 0) is 59.7 Å². The first-order valence-electron chi connectivity index (χ1n) is 5.44. The second-order valence-electron chi connectivity index (χ2n) is 4.15. The molecule has 1 saturated heterocycles. The van der Waals surface area contributed by atoms with E-state index in [2.05, 4.69) is 51.8 Å². The molecule has 0 aliphatic carbocycles. The highest BCUT2D eigenvalue weighted by molar-refractivity contribution is 14.1. The lowest BCUT2D eigenvalue weighted by Crippen LogP contribution is -2.33. The van der Waals surface area contributed by atoms with Crippen LogP contribution in [-0.4, -0.2) is 23.9 Å². The lowest BCUT2D eigenvalue weighted by Gasteiger charge is -2.23. The van der Waals surface area contributed by atoms with Crippen molar-refractivity contribution in [2.45, 2.75) is 18.9 Å². The van der Waals surface area contributed by atoms with Crippen molar-refractivity contribution in [3.05, 3.63) is 33.4 Å². The Bertz CT molecular complexity index is 377. The van der Waals surface area contributed by atoms with Crippen LogP contribution in [-0.2, 0) is 4.79 Å². The van der Waals surface area contributed by atoms with Gasteiger partial charge in [0.05, 0.1) is 6.54 Å². The number of hydrogen-bond donors (Lipinski definition) is 1. The number of nitrogens with zero attached hydrogens (tertiary/aromatic N) is 1. The van der Waals surface area contributed by atoms with Crippen molar-refractivity contribution >= 4 is 28.5 Å². The van der Waals surface area contributed by atoms with Crippen LogP contribution < -0.4 is 5.73 Å². The maximum atomic E-state index is 11.0. The van der Waals surface area contributed by atoms with Crippen molar-refractivity contribution in [1.29, 1.82) is 0 Å². The summed E-state index contributed by atoms with van der Waals surface area (Å²) in [7, 11) is 0. The Labute approximate surface area is 109 Å². The Kier molecular flexibility index (Phi) is 3.81. The van der Waals surface area contributed by atoms with Crippen LogP contribution in [0.15, 0.2) is 24.3 Å². The Morgan fingerprint density at radius 1 is 1.44 bits per heavy atom. The summed E-state index contributed by atoms with van der Waals surface area (Å²) in [6.45, 7) is 1.34. The third kappa shape index (κ3) is 2.74. The smallest absolute Gasteiger partial charge is 0.231 e. The molecule has 86 valence electrons. The first-order chi connectivity index (χ1) is 7.66. The van der Waals surface area contributed by atoms with E-state index < -0.39 is 0 Å². The van der Waals surface area contributed by atoms with Gasteiger partial charge in [0.15, 0.2) is 0 Å². The maximum absolute atomic E-state index is 11.0. The van der Waals surface area contributed by atoms with E-state index in [1.807, 2.05) is 0 Å². The zero-order valence-corrected chi connectivity index (χ0v) is 11.2. The topological polar surface area (TPSA) is 46.3 Å². The van der Waals surface area contributed by atoms with Crippen LogP contribution >= 0.6 is 22.6 Å². The molecule has 0 saturated carbocycles. The number of benzene rings is 1. The van der Waals surface area contributed by atoms with Crippen molar-refractivity contribution < 1.29 is 4.79 Å². The molecule has 0 unspecified atom stereocenters. The minimum atomic E-state index is -0.239. The third-order valence-corrected chi connectivity index (χ3v) is 3.70. The van der Waals surface area contributed by atoms with Gasteiger partial charge in [0.25, 0.3) is 0 Å². The molecule has 16 heavy (non-hydrogen) atoms. The van der Waals surface area contributed by atoms with Gasteiger partial charge in [0.2, 0.25) is 5.91 Å². The number of halogens is 1. The molecule has 0 aromatic heterocycles. The molecular formula is C12H15IN2O. The SMILES string of the molecule is NC(=O)CN1CCC[C@@H]1c1ccc(I)cc1. The van der Waals surface area contributed by atoms with E-state index in [0.717, 1.165) is 19.4 Å². The number of primary amides is 1. The number of hydrogen-bond acceptors (Lipinski definition) is 2. The molecule has 0 radical (unpaired) electrons. The van der Waals surface area contributed by atoms with Crippen LogP contribution in [0.5, 0.6) is 0 Å². The number of nitrogens with two attached hydrogens (primary N) is 1. The van der Waals surface area contributed by atoms with Crippen LogP contribution in [0.2, 0.25) is 0 Å². The van der Waals surface area contributed by atoms with Crippen LogP contribution in [0.1, 0.15) is 24.4 Å². The van der Waals surface area contributed by atoms with Crippen LogP contribution in [0, 0.1) is 3.57 Å². The van der Waals surface area contributed by atoms with Gasteiger partial charge in [-0.3, -0.25) is 9.69 Å². The van der Waals surface area contributed by atoms with Crippen molar-refractivity contribution in [3.8, 4) is 0 Å². The second-order valence-corrected chi connectivity index (χ2v) is 5.39. The minimum absolute atomic E-state index is 0.239. The van der Waals surface area contributed by atoms with Crippen molar-refractivity contribution in [2.24, 2.45) is 5.73 Å². The van der Waals surface area contributed by atoms with Gasteiger partial charge in [0.1, 0.15) is 0 Å². The molecule has 0 bridgehead atoms. The lowest BCUT2D eigenvalue weighted by atomic mass is 10.0. The predicted octanol–water partition coefficient (Wildman–Crippen LogP) is 1.91. The monoisotopic (exact) mass is 330 g/mol. The zero-order chi connectivity index (χ0) is 11.5. The third-order valence-electron chi connectivity index (χ3n) is 2.98.